The van der Waals surface area contributed by atoms with Crippen LogP contribution in [0.3, 0.4) is 0 Å². The number of carbonyl (C=O) groups excluding carboxylic acids is 2. The van der Waals surface area contributed by atoms with Crippen molar-refractivity contribution in [2.75, 3.05) is 13.7 Å². The molecule has 7 heteroatoms. The molecule has 0 radical (unpaired) electrons. The Labute approximate surface area is 127 Å². The van der Waals surface area contributed by atoms with Gasteiger partial charge in [0.15, 0.2) is 18.1 Å². The minimum absolute atomic E-state index is 0.138. The van der Waals surface area contributed by atoms with Crippen molar-refractivity contribution < 1.29 is 23.6 Å². The number of carbonyl (C=O) groups is 2. The van der Waals surface area contributed by atoms with E-state index in [2.05, 4.69) is 14.9 Å². The predicted octanol–water partition coefficient (Wildman–Crippen LogP) is 0.781. The van der Waals surface area contributed by atoms with Gasteiger partial charge in [0.05, 0.1) is 19.9 Å². The van der Waals surface area contributed by atoms with Gasteiger partial charge < -0.3 is 9.47 Å². The second-order valence-corrected chi connectivity index (χ2v) is 4.39. The van der Waals surface area contributed by atoms with Crippen LogP contribution in [0.1, 0.15) is 17.4 Å². The molecule has 0 saturated heterocycles. The lowest BCUT2D eigenvalue weighted by Crippen LogP contribution is -2.37. The van der Waals surface area contributed by atoms with E-state index in [-0.39, 0.29) is 24.8 Å². The minimum atomic E-state index is -0.506. The largest absolute Gasteiger partial charge is 0.464 e. The van der Waals surface area contributed by atoms with Crippen LogP contribution in [0.5, 0.6) is 0 Å². The Hall–Kier alpha value is -2.83. The van der Waals surface area contributed by atoms with Crippen LogP contribution in [0, 0.1) is 0 Å². The van der Waals surface area contributed by atoms with Gasteiger partial charge in [-0.3, -0.25) is 0 Å². The summed E-state index contributed by atoms with van der Waals surface area (Å²) in [6.07, 6.45) is 5.05. The van der Waals surface area contributed by atoms with Crippen LogP contribution >= 0.6 is 0 Å². The molecule has 2 aromatic heterocycles. The van der Waals surface area contributed by atoms with Crippen molar-refractivity contribution in [1.82, 2.24) is 10.2 Å². The summed E-state index contributed by atoms with van der Waals surface area (Å²) in [4.78, 5) is 22.9. The first-order valence-electron chi connectivity index (χ1n) is 6.70. The molecule has 0 spiro atoms. The van der Waals surface area contributed by atoms with Crippen LogP contribution in [-0.2, 0) is 20.8 Å². The van der Waals surface area contributed by atoms with Gasteiger partial charge >= 0.3 is 11.9 Å². The molecule has 0 atom stereocenters. The van der Waals surface area contributed by atoms with Gasteiger partial charge in [-0.2, -0.15) is 9.67 Å². The molecule has 0 amide bonds. The number of ether oxygens (including phenoxy) is 2. The third kappa shape index (κ3) is 3.85. The molecule has 0 bridgehead atoms. The van der Waals surface area contributed by atoms with Crippen molar-refractivity contribution in [3.8, 4) is 11.1 Å². The Morgan fingerprint density at radius 1 is 1.23 bits per heavy atom. The predicted molar refractivity (Wildman–Crippen MR) is 75.6 cm³/mol. The highest BCUT2D eigenvalue weighted by Crippen LogP contribution is 2.17. The fourth-order valence-electron chi connectivity index (χ4n) is 1.80. The zero-order valence-corrected chi connectivity index (χ0v) is 12.4. The van der Waals surface area contributed by atoms with E-state index >= 15 is 0 Å². The first-order valence-corrected chi connectivity index (χ1v) is 6.70. The average molecular weight is 302 g/mol. The quantitative estimate of drug-likeness (QED) is 0.599. The molecule has 2 rings (SSSR count). The van der Waals surface area contributed by atoms with E-state index in [1.54, 1.807) is 36.1 Å². The van der Waals surface area contributed by atoms with Gasteiger partial charge in [-0.15, -0.1) is 5.10 Å². The third-order valence-corrected chi connectivity index (χ3v) is 2.90. The SMILES string of the molecule is CCOC(=O)c1cc(-c2cc[n+](CC(=O)OC)cc2)cnn1. The summed E-state index contributed by atoms with van der Waals surface area (Å²) in [5, 5.41) is 7.58. The molecule has 0 N–H and O–H groups in total. The van der Waals surface area contributed by atoms with Crippen molar-refractivity contribution in [1.29, 1.82) is 0 Å². The normalized spacial score (nSPS) is 10.1. The molecule has 0 aliphatic carbocycles. The first-order chi connectivity index (χ1) is 10.6. The lowest BCUT2D eigenvalue weighted by Gasteiger charge is -2.03. The molecule has 0 saturated carbocycles. The molecular formula is C15H16N3O4+. The number of pyridine rings is 1. The van der Waals surface area contributed by atoms with Crippen LogP contribution in [0.2, 0.25) is 0 Å². The first kappa shape index (κ1) is 15.6. The standard InChI is InChI=1S/C15H16N3O4/c1-3-22-15(20)13-8-12(9-16-17-13)11-4-6-18(7-5-11)10-14(19)21-2/h4-9H,3,10H2,1-2H3/q+1. The summed E-state index contributed by atoms with van der Waals surface area (Å²) in [7, 11) is 1.34. The Morgan fingerprint density at radius 3 is 2.59 bits per heavy atom. The topological polar surface area (TPSA) is 82.3 Å². The zero-order valence-electron chi connectivity index (χ0n) is 12.4. The smallest absolute Gasteiger partial charge is 0.372 e. The van der Waals surface area contributed by atoms with Crippen LogP contribution in [-0.4, -0.2) is 35.9 Å². The number of rotatable bonds is 5. The maximum Gasteiger partial charge on any atom is 0.372 e. The van der Waals surface area contributed by atoms with E-state index < -0.39 is 5.97 Å². The number of nitrogens with zero attached hydrogens (tertiary/aromatic N) is 3. The second-order valence-electron chi connectivity index (χ2n) is 4.39. The molecule has 7 nitrogen and oxygen atoms in total. The van der Waals surface area contributed by atoms with Gasteiger partial charge in [-0.1, -0.05) is 0 Å². The van der Waals surface area contributed by atoms with Gasteiger partial charge in [0, 0.05) is 17.7 Å². The van der Waals surface area contributed by atoms with Crippen molar-refractivity contribution in [2.45, 2.75) is 13.5 Å². The summed E-state index contributed by atoms with van der Waals surface area (Å²) < 4.78 is 11.2. The van der Waals surface area contributed by atoms with E-state index in [1.807, 2.05) is 12.1 Å². The number of hydrogen-bond donors (Lipinski definition) is 0. The lowest BCUT2D eigenvalue weighted by molar-refractivity contribution is -0.685. The Kier molecular flexibility index (Phi) is 5.13. The monoisotopic (exact) mass is 302 g/mol. The maximum absolute atomic E-state index is 11.7. The molecule has 2 aromatic rings. The molecule has 22 heavy (non-hydrogen) atoms. The highest BCUT2D eigenvalue weighted by molar-refractivity contribution is 5.88. The van der Waals surface area contributed by atoms with Crippen LogP contribution < -0.4 is 4.57 Å². The van der Waals surface area contributed by atoms with E-state index in [0.29, 0.717) is 0 Å². The molecule has 2 heterocycles. The highest BCUT2D eigenvalue weighted by atomic mass is 16.5. The van der Waals surface area contributed by atoms with Gasteiger partial charge in [0.1, 0.15) is 0 Å². The van der Waals surface area contributed by atoms with E-state index in [9.17, 15) is 9.59 Å². The maximum atomic E-state index is 11.7. The fourth-order valence-corrected chi connectivity index (χ4v) is 1.80. The van der Waals surface area contributed by atoms with Crippen molar-refractivity contribution in [3.05, 3.63) is 42.5 Å². The van der Waals surface area contributed by atoms with E-state index in [1.165, 1.54) is 7.11 Å². The van der Waals surface area contributed by atoms with Gasteiger partial charge in [-0.25, -0.2) is 9.59 Å². The second kappa shape index (κ2) is 7.26. The lowest BCUT2D eigenvalue weighted by atomic mass is 10.1. The van der Waals surface area contributed by atoms with Gasteiger partial charge in [0.2, 0.25) is 6.54 Å². The summed E-state index contributed by atoms with van der Waals surface area (Å²) >= 11 is 0. The summed E-state index contributed by atoms with van der Waals surface area (Å²) in [5.41, 5.74) is 1.75. The number of esters is 2. The van der Waals surface area contributed by atoms with Crippen molar-refractivity contribution in [3.63, 3.8) is 0 Å². The molecule has 0 aliphatic heterocycles. The summed E-state index contributed by atoms with van der Waals surface area (Å²) in [6, 6.07) is 5.24. The molecule has 0 aliphatic rings. The molecule has 114 valence electrons. The summed E-state index contributed by atoms with van der Waals surface area (Å²) in [5.74, 6) is -0.832. The summed E-state index contributed by atoms with van der Waals surface area (Å²) in [6.45, 7) is 2.15. The van der Waals surface area contributed by atoms with Crippen LogP contribution in [0.25, 0.3) is 11.1 Å². The van der Waals surface area contributed by atoms with Crippen LogP contribution in [0.15, 0.2) is 36.8 Å². The minimum Gasteiger partial charge on any atom is -0.464 e. The zero-order chi connectivity index (χ0) is 15.9. The molecule has 0 unspecified atom stereocenters. The Morgan fingerprint density at radius 2 is 1.95 bits per heavy atom. The molecule has 0 fully saturated rings. The number of aromatic nitrogens is 3. The van der Waals surface area contributed by atoms with Crippen LogP contribution in [0.4, 0.5) is 0 Å². The number of hydrogen-bond acceptors (Lipinski definition) is 6. The average Bonchev–Trinajstić information content (AvgIpc) is 2.56. The molecular weight excluding hydrogens is 286 g/mol. The highest BCUT2D eigenvalue weighted by Gasteiger charge is 2.12. The Balaban J connectivity index is 2.19. The third-order valence-electron chi connectivity index (χ3n) is 2.90. The van der Waals surface area contributed by atoms with Crippen molar-refractivity contribution >= 4 is 11.9 Å². The Bertz CT molecular complexity index is 671. The van der Waals surface area contributed by atoms with Gasteiger partial charge in [0.25, 0.3) is 0 Å². The number of methoxy groups -OCH3 is 1. The molecule has 0 aromatic carbocycles. The van der Waals surface area contributed by atoms with E-state index in [4.69, 9.17) is 4.74 Å². The fraction of sp³-hybridized carbons (Fsp3) is 0.267. The van der Waals surface area contributed by atoms with Gasteiger partial charge in [-0.05, 0) is 18.6 Å². The van der Waals surface area contributed by atoms with E-state index in [0.717, 1.165) is 11.1 Å². The van der Waals surface area contributed by atoms with Crippen molar-refractivity contribution in [2.24, 2.45) is 0 Å².